The number of carbonyl (C=O) groups is 1. The first kappa shape index (κ1) is 22.0. The summed E-state index contributed by atoms with van der Waals surface area (Å²) in [5, 5.41) is 10.5. The van der Waals surface area contributed by atoms with Crippen LogP contribution in [0.3, 0.4) is 0 Å². The minimum absolute atomic E-state index is 0.314. The molecule has 8 nitrogen and oxygen atoms in total. The summed E-state index contributed by atoms with van der Waals surface area (Å²) in [5.74, 6) is 1.67. The molecule has 0 fully saturated rings. The van der Waals surface area contributed by atoms with Gasteiger partial charge >= 0.3 is 0 Å². The van der Waals surface area contributed by atoms with Gasteiger partial charge in [-0.1, -0.05) is 19.4 Å². The summed E-state index contributed by atoms with van der Waals surface area (Å²) >= 11 is 0. The number of aromatic amines is 1. The summed E-state index contributed by atoms with van der Waals surface area (Å²) in [7, 11) is 6.19. The Morgan fingerprint density at radius 2 is 1.58 bits per heavy atom. The van der Waals surface area contributed by atoms with Crippen LogP contribution in [-0.4, -0.2) is 44.5 Å². The number of aryl methyl sites for hydroxylation is 1. The highest BCUT2D eigenvalue weighted by Crippen LogP contribution is 2.37. The molecular weight excluding hydrogens is 398 g/mol. The lowest BCUT2D eigenvalue weighted by Gasteiger charge is -2.14. The molecule has 1 heterocycles. The number of hydrogen-bond donors (Lipinski definition) is 2. The number of methoxy groups -OCH3 is 4. The summed E-state index contributed by atoms with van der Waals surface area (Å²) < 4.78 is 21.5. The molecule has 0 atom stereocenters. The molecule has 0 radical (unpaired) electrons. The molecule has 3 aromatic rings. The quantitative estimate of drug-likeness (QED) is 0.530. The standard InChI is InChI=1S/C23H27N3O5/c1-6-8-15-22(24-23(27)20-17(29-3)9-7-10-18(20)30-4)21(26-25-15)14-11-12-16(28-2)19(13-14)31-5/h7,9-13H,6,8H2,1-5H3,(H,24,27)(H,25,26). The van der Waals surface area contributed by atoms with Crippen molar-refractivity contribution in [2.45, 2.75) is 19.8 Å². The van der Waals surface area contributed by atoms with Crippen LogP contribution >= 0.6 is 0 Å². The van der Waals surface area contributed by atoms with Crippen molar-refractivity contribution in [3.8, 4) is 34.3 Å². The predicted molar refractivity (Wildman–Crippen MR) is 119 cm³/mol. The van der Waals surface area contributed by atoms with Gasteiger partial charge in [0.05, 0.1) is 39.8 Å². The third-order valence-corrected chi connectivity index (χ3v) is 4.89. The van der Waals surface area contributed by atoms with Crippen LogP contribution < -0.4 is 24.3 Å². The number of rotatable bonds is 9. The minimum Gasteiger partial charge on any atom is -0.496 e. The molecule has 1 aromatic heterocycles. The van der Waals surface area contributed by atoms with Gasteiger partial charge in [0.25, 0.3) is 5.91 Å². The van der Waals surface area contributed by atoms with Gasteiger partial charge < -0.3 is 24.3 Å². The Morgan fingerprint density at radius 3 is 2.16 bits per heavy atom. The van der Waals surface area contributed by atoms with Crippen molar-refractivity contribution in [1.82, 2.24) is 10.2 Å². The Morgan fingerprint density at radius 1 is 0.935 bits per heavy atom. The molecule has 0 bridgehead atoms. The number of H-pyrrole nitrogens is 1. The number of aromatic nitrogens is 2. The van der Waals surface area contributed by atoms with Crippen molar-refractivity contribution in [2.24, 2.45) is 0 Å². The van der Waals surface area contributed by atoms with Gasteiger partial charge in [-0.05, 0) is 36.8 Å². The molecule has 164 valence electrons. The maximum absolute atomic E-state index is 13.3. The van der Waals surface area contributed by atoms with Crippen molar-refractivity contribution in [3.05, 3.63) is 47.7 Å². The lowest BCUT2D eigenvalue weighted by atomic mass is 10.1. The van der Waals surface area contributed by atoms with Crippen LogP contribution in [0.2, 0.25) is 0 Å². The molecule has 0 saturated heterocycles. The summed E-state index contributed by atoms with van der Waals surface area (Å²) in [6, 6.07) is 10.7. The fourth-order valence-corrected chi connectivity index (χ4v) is 3.39. The molecule has 0 aliphatic carbocycles. The molecule has 2 N–H and O–H groups in total. The lowest BCUT2D eigenvalue weighted by molar-refractivity contribution is 0.102. The second-order valence-electron chi connectivity index (χ2n) is 6.74. The van der Waals surface area contributed by atoms with Crippen molar-refractivity contribution >= 4 is 11.6 Å². The van der Waals surface area contributed by atoms with E-state index in [9.17, 15) is 4.79 Å². The Hall–Kier alpha value is -3.68. The second kappa shape index (κ2) is 9.88. The first-order valence-electron chi connectivity index (χ1n) is 9.89. The summed E-state index contributed by atoms with van der Waals surface area (Å²) in [6.45, 7) is 2.06. The first-order chi connectivity index (χ1) is 15.1. The number of anilines is 1. The lowest BCUT2D eigenvalue weighted by Crippen LogP contribution is -2.16. The topological polar surface area (TPSA) is 94.7 Å². The van der Waals surface area contributed by atoms with Crippen LogP contribution in [0.4, 0.5) is 5.69 Å². The van der Waals surface area contributed by atoms with Gasteiger partial charge in [0.1, 0.15) is 22.8 Å². The van der Waals surface area contributed by atoms with Crippen molar-refractivity contribution in [3.63, 3.8) is 0 Å². The average Bonchev–Trinajstić information content (AvgIpc) is 3.19. The highest BCUT2D eigenvalue weighted by Gasteiger charge is 2.23. The van der Waals surface area contributed by atoms with Crippen LogP contribution in [0.5, 0.6) is 23.0 Å². The Kier molecular flexibility index (Phi) is 7.02. The predicted octanol–water partition coefficient (Wildman–Crippen LogP) is 4.32. The van der Waals surface area contributed by atoms with E-state index in [2.05, 4.69) is 22.4 Å². The molecule has 2 aromatic carbocycles. The Labute approximate surface area is 181 Å². The first-order valence-corrected chi connectivity index (χ1v) is 9.89. The smallest absolute Gasteiger partial charge is 0.263 e. The number of nitrogens with zero attached hydrogens (tertiary/aromatic N) is 1. The molecule has 0 saturated carbocycles. The van der Waals surface area contributed by atoms with Crippen molar-refractivity contribution in [1.29, 1.82) is 0 Å². The van der Waals surface area contributed by atoms with E-state index in [1.54, 1.807) is 38.5 Å². The fraction of sp³-hybridized carbons (Fsp3) is 0.304. The number of carbonyl (C=O) groups excluding carboxylic acids is 1. The number of amides is 1. The molecule has 31 heavy (non-hydrogen) atoms. The zero-order chi connectivity index (χ0) is 22.4. The van der Waals surface area contributed by atoms with Gasteiger partial charge in [-0.15, -0.1) is 0 Å². The van der Waals surface area contributed by atoms with E-state index in [1.165, 1.54) is 14.2 Å². The molecule has 0 spiro atoms. The third kappa shape index (κ3) is 4.42. The van der Waals surface area contributed by atoms with Gasteiger partial charge in [-0.25, -0.2) is 0 Å². The number of ether oxygens (including phenoxy) is 4. The zero-order valence-corrected chi connectivity index (χ0v) is 18.4. The van der Waals surface area contributed by atoms with E-state index in [-0.39, 0.29) is 5.91 Å². The molecule has 0 unspecified atom stereocenters. The monoisotopic (exact) mass is 425 g/mol. The largest absolute Gasteiger partial charge is 0.496 e. The summed E-state index contributed by atoms with van der Waals surface area (Å²) in [6.07, 6.45) is 1.60. The highest BCUT2D eigenvalue weighted by molar-refractivity contribution is 6.10. The fourth-order valence-electron chi connectivity index (χ4n) is 3.39. The van der Waals surface area contributed by atoms with Gasteiger partial charge in [-0.2, -0.15) is 5.10 Å². The molecule has 0 aliphatic heterocycles. The minimum atomic E-state index is -0.352. The van der Waals surface area contributed by atoms with E-state index >= 15 is 0 Å². The van der Waals surface area contributed by atoms with Crippen LogP contribution in [0.25, 0.3) is 11.3 Å². The summed E-state index contributed by atoms with van der Waals surface area (Å²) in [4.78, 5) is 13.3. The second-order valence-corrected chi connectivity index (χ2v) is 6.74. The SMILES string of the molecule is CCCc1[nH]nc(-c2ccc(OC)c(OC)c2)c1NC(=O)c1c(OC)cccc1OC. The Balaban J connectivity index is 2.06. The molecular formula is C23H27N3O5. The van der Waals surface area contributed by atoms with Gasteiger partial charge in [0, 0.05) is 5.56 Å². The van der Waals surface area contributed by atoms with E-state index in [1.807, 2.05) is 12.1 Å². The van der Waals surface area contributed by atoms with E-state index in [0.717, 1.165) is 24.1 Å². The number of benzene rings is 2. The molecule has 8 heteroatoms. The normalized spacial score (nSPS) is 10.5. The molecule has 1 amide bonds. The van der Waals surface area contributed by atoms with E-state index in [4.69, 9.17) is 18.9 Å². The van der Waals surface area contributed by atoms with E-state index < -0.39 is 0 Å². The third-order valence-electron chi connectivity index (χ3n) is 4.89. The van der Waals surface area contributed by atoms with Gasteiger partial charge in [-0.3, -0.25) is 9.89 Å². The van der Waals surface area contributed by atoms with Crippen LogP contribution in [0.1, 0.15) is 29.4 Å². The molecule has 0 aliphatic rings. The van der Waals surface area contributed by atoms with Crippen molar-refractivity contribution in [2.75, 3.05) is 33.8 Å². The maximum atomic E-state index is 13.3. The van der Waals surface area contributed by atoms with Crippen LogP contribution in [-0.2, 0) is 6.42 Å². The van der Waals surface area contributed by atoms with Crippen molar-refractivity contribution < 1.29 is 23.7 Å². The van der Waals surface area contributed by atoms with Crippen LogP contribution in [0.15, 0.2) is 36.4 Å². The highest BCUT2D eigenvalue weighted by atomic mass is 16.5. The summed E-state index contributed by atoms with van der Waals surface area (Å²) in [5.41, 5.74) is 3.13. The number of nitrogens with one attached hydrogen (secondary N) is 2. The zero-order valence-electron chi connectivity index (χ0n) is 18.4. The van der Waals surface area contributed by atoms with Gasteiger partial charge in [0.15, 0.2) is 11.5 Å². The van der Waals surface area contributed by atoms with E-state index in [0.29, 0.717) is 39.9 Å². The maximum Gasteiger partial charge on any atom is 0.263 e. The number of hydrogen-bond acceptors (Lipinski definition) is 6. The Bertz CT molecular complexity index is 1040. The molecule has 3 rings (SSSR count). The van der Waals surface area contributed by atoms with Gasteiger partial charge in [0.2, 0.25) is 0 Å². The van der Waals surface area contributed by atoms with Crippen LogP contribution in [0, 0.1) is 0 Å². The average molecular weight is 425 g/mol.